The maximum absolute atomic E-state index is 14.1. The van der Waals surface area contributed by atoms with E-state index in [4.69, 9.17) is 11.6 Å². The van der Waals surface area contributed by atoms with Gasteiger partial charge in [0.1, 0.15) is 4.90 Å². The van der Waals surface area contributed by atoms with E-state index in [2.05, 4.69) is 0 Å². The van der Waals surface area contributed by atoms with Crippen LogP contribution in [0.2, 0.25) is 5.02 Å². The zero-order valence-electron chi connectivity index (χ0n) is 14.0. The van der Waals surface area contributed by atoms with Gasteiger partial charge in [0.2, 0.25) is 15.9 Å². The molecule has 0 N–H and O–H groups in total. The molecule has 1 aromatic carbocycles. The average molecular weight is 389 g/mol. The topological polar surface area (TPSA) is 57.7 Å². The van der Waals surface area contributed by atoms with E-state index in [1.807, 2.05) is 0 Å². The Hall–Kier alpha value is -1.18. The van der Waals surface area contributed by atoms with E-state index in [9.17, 15) is 17.6 Å². The van der Waals surface area contributed by atoms with Gasteiger partial charge >= 0.3 is 0 Å². The fourth-order valence-electron chi connectivity index (χ4n) is 3.58. The summed E-state index contributed by atoms with van der Waals surface area (Å²) in [5.41, 5.74) is 0. The first-order valence-corrected chi connectivity index (χ1v) is 10.5. The van der Waals surface area contributed by atoms with Crippen LogP contribution in [-0.2, 0) is 14.8 Å². The van der Waals surface area contributed by atoms with E-state index in [0.29, 0.717) is 13.1 Å². The van der Waals surface area contributed by atoms with Crippen molar-refractivity contribution in [3.8, 4) is 0 Å². The van der Waals surface area contributed by atoms with Gasteiger partial charge in [-0.15, -0.1) is 0 Å². The highest BCUT2D eigenvalue weighted by molar-refractivity contribution is 7.89. The van der Waals surface area contributed by atoms with Crippen molar-refractivity contribution in [2.24, 2.45) is 5.92 Å². The molecule has 1 amide bonds. The van der Waals surface area contributed by atoms with E-state index in [1.54, 1.807) is 4.90 Å². The lowest BCUT2D eigenvalue weighted by atomic mass is 9.88. The second-order valence-corrected chi connectivity index (χ2v) is 8.93. The van der Waals surface area contributed by atoms with Crippen molar-refractivity contribution in [2.45, 2.75) is 37.0 Å². The number of hydrogen-bond donors (Lipinski definition) is 0. The van der Waals surface area contributed by atoms with Crippen molar-refractivity contribution in [3.05, 3.63) is 29.0 Å². The Bertz CT molecular complexity index is 742. The van der Waals surface area contributed by atoms with Crippen LogP contribution in [0.1, 0.15) is 32.1 Å². The molecule has 25 heavy (non-hydrogen) atoms. The highest BCUT2D eigenvalue weighted by atomic mass is 35.5. The summed E-state index contributed by atoms with van der Waals surface area (Å²) in [7, 11) is -3.95. The van der Waals surface area contributed by atoms with Gasteiger partial charge in [-0.05, 0) is 25.0 Å². The Morgan fingerprint density at radius 2 is 1.72 bits per heavy atom. The van der Waals surface area contributed by atoms with Gasteiger partial charge in [0.15, 0.2) is 5.82 Å². The molecule has 5 nitrogen and oxygen atoms in total. The average Bonchev–Trinajstić information content (AvgIpc) is 2.64. The molecule has 0 radical (unpaired) electrons. The maximum Gasteiger partial charge on any atom is 0.246 e. The molecule has 1 heterocycles. The number of sulfonamides is 1. The summed E-state index contributed by atoms with van der Waals surface area (Å²) in [5.74, 6) is -0.724. The highest BCUT2D eigenvalue weighted by Gasteiger charge is 2.34. The van der Waals surface area contributed by atoms with Gasteiger partial charge in [-0.3, -0.25) is 4.79 Å². The number of hydrogen-bond acceptors (Lipinski definition) is 3. The Morgan fingerprint density at radius 1 is 1.08 bits per heavy atom. The number of carbonyl (C=O) groups is 1. The zero-order chi connectivity index (χ0) is 18.0. The fraction of sp³-hybridized carbons (Fsp3) is 0.588. The van der Waals surface area contributed by atoms with Crippen LogP contribution in [0.15, 0.2) is 23.1 Å². The van der Waals surface area contributed by atoms with Crippen LogP contribution >= 0.6 is 11.6 Å². The molecule has 0 bridgehead atoms. The van der Waals surface area contributed by atoms with Gasteiger partial charge in [0, 0.05) is 32.1 Å². The van der Waals surface area contributed by atoms with Crippen LogP contribution in [0.25, 0.3) is 0 Å². The summed E-state index contributed by atoms with van der Waals surface area (Å²) in [4.78, 5) is 13.9. The Morgan fingerprint density at radius 3 is 2.36 bits per heavy atom. The number of rotatable bonds is 3. The molecule has 2 fully saturated rings. The maximum atomic E-state index is 14.1. The summed E-state index contributed by atoms with van der Waals surface area (Å²) in [6, 6.07) is 3.95. The lowest BCUT2D eigenvalue weighted by Gasteiger charge is -2.36. The van der Waals surface area contributed by atoms with Crippen molar-refractivity contribution in [1.82, 2.24) is 9.21 Å². The number of nitrogens with zero attached hydrogens (tertiary/aromatic N) is 2. The van der Waals surface area contributed by atoms with Gasteiger partial charge in [0.05, 0.1) is 5.02 Å². The molecule has 8 heteroatoms. The third-order valence-corrected chi connectivity index (χ3v) is 7.25. The Balaban J connectivity index is 1.67. The second kappa shape index (κ2) is 7.60. The minimum Gasteiger partial charge on any atom is -0.340 e. The first-order chi connectivity index (χ1) is 11.9. The smallest absolute Gasteiger partial charge is 0.246 e. The quantitative estimate of drug-likeness (QED) is 0.800. The first kappa shape index (κ1) is 18.6. The van der Waals surface area contributed by atoms with Gasteiger partial charge < -0.3 is 4.90 Å². The lowest BCUT2D eigenvalue weighted by molar-refractivity contribution is -0.137. The molecule has 138 valence electrons. The number of benzene rings is 1. The molecular weight excluding hydrogens is 367 g/mol. The number of piperazine rings is 1. The zero-order valence-corrected chi connectivity index (χ0v) is 15.5. The van der Waals surface area contributed by atoms with Crippen molar-refractivity contribution >= 4 is 27.5 Å². The third kappa shape index (κ3) is 3.83. The van der Waals surface area contributed by atoms with E-state index in [-0.39, 0.29) is 29.9 Å². The molecule has 3 rings (SSSR count). The summed E-state index contributed by atoms with van der Waals surface area (Å²) >= 11 is 5.70. The first-order valence-electron chi connectivity index (χ1n) is 8.64. The van der Waals surface area contributed by atoms with Crippen LogP contribution in [0.5, 0.6) is 0 Å². The van der Waals surface area contributed by atoms with E-state index >= 15 is 0 Å². The van der Waals surface area contributed by atoms with Gasteiger partial charge in [-0.25, -0.2) is 12.8 Å². The summed E-state index contributed by atoms with van der Waals surface area (Å²) in [6.07, 6.45) is 5.19. The molecule has 1 aliphatic heterocycles. The largest absolute Gasteiger partial charge is 0.340 e. The Kier molecular flexibility index (Phi) is 5.65. The molecule has 0 atom stereocenters. The molecule has 1 aliphatic carbocycles. The molecule has 0 unspecified atom stereocenters. The van der Waals surface area contributed by atoms with Crippen molar-refractivity contribution < 1.29 is 17.6 Å². The van der Waals surface area contributed by atoms with Crippen molar-refractivity contribution in [1.29, 1.82) is 0 Å². The van der Waals surface area contributed by atoms with E-state index in [0.717, 1.165) is 25.7 Å². The van der Waals surface area contributed by atoms with E-state index < -0.39 is 20.7 Å². The Labute approximate surface area is 152 Å². The van der Waals surface area contributed by atoms with Gasteiger partial charge in [-0.1, -0.05) is 36.9 Å². The van der Waals surface area contributed by atoms with E-state index in [1.165, 1.54) is 28.9 Å². The molecule has 0 spiro atoms. The second-order valence-electron chi connectivity index (χ2n) is 6.62. The summed E-state index contributed by atoms with van der Waals surface area (Å²) in [5, 5.41) is -0.216. The monoisotopic (exact) mass is 388 g/mol. The van der Waals surface area contributed by atoms with Crippen LogP contribution in [-0.4, -0.2) is 49.7 Å². The van der Waals surface area contributed by atoms with Gasteiger partial charge in [0.25, 0.3) is 0 Å². The molecule has 1 saturated heterocycles. The fourth-order valence-corrected chi connectivity index (χ4v) is 5.32. The third-order valence-electron chi connectivity index (χ3n) is 5.04. The predicted octanol–water partition coefficient (Wildman–Crippen LogP) is 2.89. The number of carbonyl (C=O) groups excluding carboxylic acids is 1. The van der Waals surface area contributed by atoms with Crippen LogP contribution in [0.3, 0.4) is 0 Å². The standard InChI is InChI=1S/C17H22ClFN2O3S/c18-14-7-4-8-15(16(14)19)25(23,24)21-11-9-20(10-12-21)17(22)13-5-2-1-3-6-13/h4,7-8,13H,1-3,5-6,9-12H2. The number of amides is 1. The molecule has 2 aliphatic rings. The molecule has 1 saturated carbocycles. The number of halogens is 2. The normalized spacial score (nSPS) is 20.6. The van der Waals surface area contributed by atoms with Crippen molar-refractivity contribution in [3.63, 3.8) is 0 Å². The highest BCUT2D eigenvalue weighted by Crippen LogP contribution is 2.28. The SMILES string of the molecule is O=C(C1CCCCC1)N1CCN(S(=O)(=O)c2cccc(Cl)c2F)CC1. The molecule has 1 aromatic rings. The van der Waals surface area contributed by atoms with Crippen LogP contribution in [0, 0.1) is 11.7 Å². The lowest BCUT2D eigenvalue weighted by Crippen LogP contribution is -2.52. The summed E-state index contributed by atoms with van der Waals surface area (Å²) in [6.45, 7) is 1.03. The summed E-state index contributed by atoms with van der Waals surface area (Å²) < 4.78 is 40.7. The van der Waals surface area contributed by atoms with Gasteiger partial charge in [-0.2, -0.15) is 4.31 Å². The minimum absolute atomic E-state index is 0.0716. The van der Waals surface area contributed by atoms with Crippen LogP contribution < -0.4 is 0 Å². The van der Waals surface area contributed by atoms with Crippen LogP contribution in [0.4, 0.5) is 4.39 Å². The molecule has 0 aromatic heterocycles. The minimum atomic E-state index is -3.95. The molecular formula is C17H22ClFN2O3S. The predicted molar refractivity (Wildman–Crippen MR) is 93.3 cm³/mol. The van der Waals surface area contributed by atoms with Crippen molar-refractivity contribution in [2.75, 3.05) is 26.2 Å².